The van der Waals surface area contributed by atoms with Crippen LogP contribution in [0.2, 0.25) is 0 Å². The molecule has 1 spiro atoms. The lowest BCUT2D eigenvalue weighted by Crippen LogP contribution is -2.56. The molecule has 3 amide bonds. The van der Waals surface area contributed by atoms with E-state index in [-0.39, 0.29) is 23.8 Å². The molecular weight excluding hydrogens is 530 g/mol. The highest BCUT2D eigenvalue weighted by molar-refractivity contribution is 6.02. The molecule has 2 N–H and O–H groups in total. The molecule has 9 heteroatoms. The van der Waals surface area contributed by atoms with Crippen molar-refractivity contribution in [3.63, 3.8) is 0 Å². The van der Waals surface area contributed by atoms with Crippen molar-refractivity contribution in [2.24, 2.45) is 11.8 Å². The number of nitrogens with zero attached hydrogens (tertiary/aromatic N) is 3. The van der Waals surface area contributed by atoms with E-state index in [9.17, 15) is 14.4 Å². The number of ether oxygens (including phenoxy) is 1. The number of likely N-dealkylation sites (tertiary alicyclic amines) is 1. The van der Waals surface area contributed by atoms with Gasteiger partial charge in [0.1, 0.15) is 11.6 Å². The molecule has 3 saturated heterocycles. The Bertz CT molecular complexity index is 1190. The minimum atomic E-state index is -1.11. The third kappa shape index (κ3) is 5.51. The van der Waals surface area contributed by atoms with Crippen LogP contribution >= 0.6 is 0 Å². The monoisotopic (exact) mass is 577 g/mol. The lowest BCUT2D eigenvalue weighted by molar-refractivity contribution is -0.141. The minimum Gasteiger partial charge on any atom is -0.359 e. The average molecular weight is 578 g/mol. The molecule has 228 valence electrons. The van der Waals surface area contributed by atoms with Gasteiger partial charge in [-0.05, 0) is 56.5 Å². The molecule has 4 aliphatic heterocycles. The Labute approximate surface area is 250 Å². The zero-order valence-corrected chi connectivity index (χ0v) is 25.4. The van der Waals surface area contributed by atoms with Gasteiger partial charge in [-0.15, -0.1) is 0 Å². The normalized spacial score (nSPS) is 31.6. The van der Waals surface area contributed by atoms with Gasteiger partial charge in [-0.25, -0.2) is 0 Å². The van der Waals surface area contributed by atoms with E-state index in [4.69, 9.17) is 4.74 Å². The van der Waals surface area contributed by atoms with Crippen molar-refractivity contribution in [2.45, 2.75) is 82.1 Å². The van der Waals surface area contributed by atoms with E-state index < -0.39 is 29.6 Å². The van der Waals surface area contributed by atoms with Crippen molar-refractivity contribution in [3.05, 3.63) is 42.0 Å². The van der Waals surface area contributed by atoms with Crippen LogP contribution in [0.25, 0.3) is 0 Å². The number of carbonyl (C=O) groups excluding carboxylic acids is 3. The molecule has 5 aliphatic rings. The van der Waals surface area contributed by atoms with Crippen LogP contribution in [-0.4, -0.2) is 103 Å². The van der Waals surface area contributed by atoms with Gasteiger partial charge in [0.25, 0.3) is 0 Å². The van der Waals surface area contributed by atoms with E-state index in [1.165, 1.54) is 12.0 Å². The number of rotatable bonds is 9. The SMILES string of the molecule is CC(C)c1ccc(NC(=O)[C@H]2[C@@H]3C=C[C@]4(O3)[C@@H]2C(=O)N(CCCN2CCN(C)CC2)[C@H]4C(=O)NC2CCCCC2)cc1. The predicted molar refractivity (Wildman–Crippen MR) is 162 cm³/mol. The Balaban J connectivity index is 1.21. The maximum Gasteiger partial charge on any atom is 0.246 e. The zero-order chi connectivity index (χ0) is 29.4. The van der Waals surface area contributed by atoms with E-state index in [1.54, 1.807) is 4.90 Å². The summed E-state index contributed by atoms with van der Waals surface area (Å²) in [6, 6.07) is 7.22. The summed E-state index contributed by atoms with van der Waals surface area (Å²) in [6.45, 7) is 9.72. The average Bonchev–Trinajstić information content (AvgIpc) is 3.62. The molecule has 0 radical (unpaired) electrons. The number of piperazine rings is 1. The summed E-state index contributed by atoms with van der Waals surface area (Å²) in [5.41, 5.74) is 0.784. The third-order valence-electron chi connectivity index (χ3n) is 10.2. The fraction of sp³-hybridized carbons (Fsp3) is 0.667. The molecule has 0 unspecified atom stereocenters. The van der Waals surface area contributed by atoms with Gasteiger partial charge in [0, 0.05) is 44.5 Å². The minimum absolute atomic E-state index is 0.125. The summed E-state index contributed by atoms with van der Waals surface area (Å²) in [5.74, 6) is -1.51. The number of anilines is 1. The van der Waals surface area contributed by atoms with Crippen molar-refractivity contribution >= 4 is 23.4 Å². The van der Waals surface area contributed by atoms with Gasteiger partial charge >= 0.3 is 0 Å². The van der Waals surface area contributed by atoms with E-state index in [0.29, 0.717) is 18.2 Å². The first kappa shape index (κ1) is 29.3. The highest BCUT2D eigenvalue weighted by Crippen LogP contribution is 2.55. The molecule has 1 aromatic rings. The molecule has 5 atom stereocenters. The van der Waals surface area contributed by atoms with Crippen LogP contribution in [-0.2, 0) is 19.1 Å². The Morgan fingerprint density at radius 3 is 2.40 bits per heavy atom. The van der Waals surface area contributed by atoms with Gasteiger partial charge in [-0.3, -0.25) is 14.4 Å². The highest BCUT2D eigenvalue weighted by Gasteiger charge is 2.72. The number of hydrogen-bond donors (Lipinski definition) is 2. The number of nitrogens with one attached hydrogen (secondary N) is 2. The van der Waals surface area contributed by atoms with Crippen LogP contribution < -0.4 is 10.6 Å². The number of carbonyl (C=O) groups is 3. The summed E-state index contributed by atoms with van der Waals surface area (Å²) in [4.78, 5) is 48.5. The molecule has 4 fully saturated rings. The van der Waals surface area contributed by atoms with E-state index in [1.807, 2.05) is 36.4 Å². The van der Waals surface area contributed by atoms with E-state index >= 15 is 0 Å². The van der Waals surface area contributed by atoms with Crippen molar-refractivity contribution < 1.29 is 19.1 Å². The summed E-state index contributed by atoms with van der Waals surface area (Å²) >= 11 is 0. The lowest BCUT2D eigenvalue weighted by atomic mass is 9.74. The third-order valence-corrected chi connectivity index (χ3v) is 10.2. The van der Waals surface area contributed by atoms with Crippen LogP contribution in [0.15, 0.2) is 36.4 Å². The van der Waals surface area contributed by atoms with Gasteiger partial charge < -0.3 is 30.1 Å². The molecule has 0 aromatic heterocycles. The zero-order valence-electron chi connectivity index (χ0n) is 25.4. The molecule has 1 saturated carbocycles. The first-order chi connectivity index (χ1) is 20.3. The van der Waals surface area contributed by atoms with Gasteiger partial charge in [0.15, 0.2) is 0 Å². The van der Waals surface area contributed by atoms with Crippen LogP contribution in [0, 0.1) is 11.8 Å². The molecular formula is C33H47N5O4. The Hall–Kier alpha value is -2.75. The van der Waals surface area contributed by atoms with Crippen molar-refractivity contribution in [1.82, 2.24) is 20.0 Å². The van der Waals surface area contributed by atoms with Gasteiger partial charge in [-0.1, -0.05) is 57.4 Å². The highest BCUT2D eigenvalue weighted by atomic mass is 16.5. The maximum absolute atomic E-state index is 14.2. The van der Waals surface area contributed by atoms with Crippen molar-refractivity contribution in [3.8, 4) is 0 Å². The number of hydrogen-bond acceptors (Lipinski definition) is 6. The molecule has 9 nitrogen and oxygen atoms in total. The summed E-state index contributed by atoms with van der Waals surface area (Å²) in [5, 5.41) is 6.33. The molecule has 4 heterocycles. The van der Waals surface area contributed by atoms with Crippen molar-refractivity contribution in [1.29, 1.82) is 0 Å². The van der Waals surface area contributed by atoms with Crippen LogP contribution in [0.3, 0.4) is 0 Å². The van der Waals surface area contributed by atoms with Gasteiger partial charge in [0.2, 0.25) is 17.7 Å². The fourth-order valence-electron chi connectivity index (χ4n) is 7.75. The summed E-state index contributed by atoms with van der Waals surface area (Å²) < 4.78 is 6.53. The topological polar surface area (TPSA) is 94.2 Å². The second-order valence-corrected chi connectivity index (χ2v) is 13.3. The lowest BCUT2D eigenvalue weighted by Gasteiger charge is -2.35. The predicted octanol–water partition coefficient (Wildman–Crippen LogP) is 2.99. The molecule has 2 bridgehead atoms. The number of amides is 3. The molecule has 1 aromatic carbocycles. The van der Waals surface area contributed by atoms with Crippen LogP contribution in [0.1, 0.15) is 63.9 Å². The molecule has 42 heavy (non-hydrogen) atoms. The first-order valence-electron chi connectivity index (χ1n) is 16.1. The Morgan fingerprint density at radius 2 is 1.71 bits per heavy atom. The number of fused-ring (bicyclic) bond motifs is 1. The largest absolute Gasteiger partial charge is 0.359 e. The number of benzene rings is 1. The molecule has 6 rings (SSSR count). The second kappa shape index (κ2) is 12.1. The quantitative estimate of drug-likeness (QED) is 0.439. The maximum atomic E-state index is 14.2. The first-order valence-corrected chi connectivity index (χ1v) is 16.1. The Morgan fingerprint density at radius 1 is 1.00 bits per heavy atom. The van der Waals surface area contributed by atoms with Crippen molar-refractivity contribution in [2.75, 3.05) is 51.6 Å². The Kier molecular flexibility index (Phi) is 8.44. The standard InChI is InChI=1S/C33H47N5O4/c1-22(2)23-10-12-25(13-11-23)34-30(39)27-26-14-15-33(42-26)28(27)32(41)38(17-7-16-37-20-18-36(3)19-21-37)29(33)31(40)35-24-8-5-4-6-9-24/h10-15,22,24,26-29H,4-9,16-21H2,1-3H3,(H,34,39)(H,35,40)/t26-,27-,28-,29-,33-/m0/s1. The summed E-state index contributed by atoms with van der Waals surface area (Å²) in [7, 11) is 2.14. The van der Waals surface area contributed by atoms with Crippen LogP contribution in [0.4, 0.5) is 5.69 Å². The fourth-order valence-corrected chi connectivity index (χ4v) is 7.75. The number of likely N-dealkylation sites (N-methyl/N-ethyl adjacent to an activating group) is 1. The second-order valence-electron chi connectivity index (χ2n) is 13.3. The molecule has 1 aliphatic carbocycles. The smallest absolute Gasteiger partial charge is 0.246 e. The van der Waals surface area contributed by atoms with Gasteiger partial charge in [0.05, 0.1) is 17.9 Å². The summed E-state index contributed by atoms with van der Waals surface area (Å²) in [6.07, 6.45) is 9.40. The van der Waals surface area contributed by atoms with E-state index in [0.717, 1.165) is 64.8 Å². The van der Waals surface area contributed by atoms with E-state index in [2.05, 4.69) is 41.3 Å². The van der Waals surface area contributed by atoms with Gasteiger partial charge in [-0.2, -0.15) is 0 Å². The van der Waals surface area contributed by atoms with Crippen LogP contribution in [0.5, 0.6) is 0 Å².